The lowest BCUT2D eigenvalue weighted by Crippen LogP contribution is -2.57. The normalized spacial score (nSPS) is 17.2. The Labute approximate surface area is 236 Å². The number of carbonyl (C=O) groups is 3. The SMILES string of the molecule is COc1ccc(CCN2C(=O)N(CC(C)C)C(=O)C23CCN(c2ccc(C)c(OC(C)(C)C(=O)O)c2)CC3)cc1. The van der Waals surface area contributed by atoms with E-state index in [1.54, 1.807) is 12.0 Å². The van der Waals surface area contributed by atoms with Crippen molar-refractivity contribution >= 4 is 23.6 Å². The predicted molar refractivity (Wildman–Crippen MR) is 153 cm³/mol. The average molecular weight is 552 g/mol. The highest BCUT2D eigenvalue weighted by atomic mass is 16.5. The van der Waals surface area contributed by atoms with Gasteiger partial charge in [-0.2, -0.15) is 0 Å². The van der Waals surface area contributed by atoms with Crippen molar-refractivity contribution < 1.29 is 29.0 Å². The molecule has 3 amide bonds. The van der Waals surface area contributed by atoms with Crippen LogP contribution in [0, 0.1) is 12.8 Å². The summed E-state index contributed by atoms with van der Waals surface area (Å²) in [5, 5.41) is 9.51. The summed E-state index contributed by atoms with van der Waals surface area (Å²) in [6, 6.07) is 13.4. The molecular weight excluding hydrogens is 510 g/mol. The van der Waals surface area contributed by atoms with Gasteiger partial charge >= 0.3 is 12.0 Å². The first-order valence-corrected chi connectivity index (χ1v) is 13.9. The van der Waals surface area contributed by atoms with Gasteiger partial charge in [-0.3, -0.25) is 9.69 Å². The van der Waals surface area contributed by atoms with Crippen LogP contribution in [0.1, 0.15) is 51.7 Å². The lowest BCUT2D eigenvalue weighted by molar-refractivity contribution is -0.152. The molecule has 2 saturated heterocycles. The third-order valence-electron chi connectivity index (χ3n) is 7.96. The molecule has 0 radical (unpaired) electrons. The van der Waals surface area contributed by atoms with E-state index in [-0.39, 0.29) is 17.9 Å². The molecule has 0 aromatic heterocycles. The maximum Gasteiger partial charge on any atom is 0.347 e. The highest BCUT2D eigenvalue weighted by Crippen LogP contribution is 2.40. The van der Waals surface area contributed by atoms with Gasteiger partial charge in [0.15, 0.2) is 5.60 Å². The van der Waals surface area contributed by atoms with Crippen molar-refractivity contribution in [2.45, 2.75) is 65.0 Å². The monoisotopic (exact) mass is 551 g/mol. The van der Waals surface area contributed by atoms with Crippen molar-refractivity contribution in [3.63, 3.8) is 0 Å². The van der Waals surface area contributed by atoms with E-state index in [4.69, 9.17) is 9.47 Å². The second-order valence-corrected chi connectivity index (χ2v) is 11.7. The number of benzene rings is 2. The van der Waals surface area contributed by atoms with Crippen LogP contribution in [0.15, 0.2) is 42.5 Å². The highest BCUT2D eigenvalue weighted by Gasteiger charge is 2.57. The molecule has 0 saturated carbocycles. The Morgan fingerprint density at radius 2 is 1.73 bits per heavy atom. The number of hydrogen-bond donors (Lipinski definition) is 1. The number of rotatable bonds is 10. The number of urea groups is 1. The van der Waals surface area contributed by atoms with Gasteiger partial charge in [0, 0.05) is 37.9 Å². The first-order chi connectivity index (χ1) is 18.9. The third-order valence-corrected chi connectivity index (χ3v) is 7.96. The summed E-state index contributed by atoms with van der Waals surface area (Å²) < 4.78 is 11.1. The summed E-state index contributed by atoms with van der Waals surface area (Å²) in [6.07, 6.45) is 1.67. The maximum absolute atomic E-state index is 13.8. The van der Waals surface area contributed by atoms with Crippen molar-refractivity contribution in [3.8, 4) is 11.5 Å². The van der Waals surface area contributed by atoms with E-state index in [1.165, 1.54) is 18.7 Å². The fraction of sp³-hybridized carbons (Fsp3) is 0.516. The fourth-order valence-electron chi connectivity index (χ4n) is 5.48. The molecule has 0 bridgehead atoms. The molecule has 2 aliphatic rings. The molecule has 2 aliphatic heterocycles. The number of ether oxygens (including phenoxy) is 2. The van der Waals surface area contributed by atoms with Gasteiger partial charge in [-0.15, -0.1) is 0 Å². The van der Waals surface area contributed by atoms with E-state index in [0.717, 1.165) is 22.6 Å². The number of carboxylic acids is 1. The van der Waals surface area contributed by atoms with E-state index < -0.39 is 17.1 Å². The Morgan fingerprint density at radius 3 is 2.30 bits per heavy atom. The number of piperidine rings is 1. The van der Waals surface area contributed by atoms with Gasteiger partial charge in [-0.1, -0.05) is 32.0 Å². The van der Waals surface area contributed by atoms with E-state index in [1.807, 2.05) is 63.2 Å². The molecule has 2 heterocycles. The van der Waals surface area contributed by atoms with Gasteiger partial charge in [0.2, 0.25) is 0 Å². The molecule has 9 nitrogen and oxygen atoms in total. The number of carbonyl (C=O) groups excluding carboxylic acids is 2. The number of methoxy groups -OCH3 is 1. The summed E-state index contributed by atoms with van der Waals surface area (Å²) in [7, 11) is 1.63. The summed E-state index contributed by atoms with van der Waals surface area (Å²) in [5.74, 6) is 0.326. The molecule has 2 aromatic carbocycles. The summed E-state index contributed by atoms with van der Waals surface area (Å²) in [5.41, 5.74) is 0.585. The van der Waals surface area contributed by atoms with Crippen LogP contribution in [-0.4, -0.2) is 77.2 Å². The predicted octanol–water partition coefficient (Wildman–Crippen LogP) is 4.75. The highest BCUT2D eigenvalue weighted by molar-refractivity contribution is 6.07. The number of aliphatic carboxylic acids is 1. The van der Waals surface area contributed by atoms with Gasteiger partial charge in [0.25, 0.3) is 5.91 Å². The first-order valence-electron chi connectivity index (χ1n) is 13.9. The maximum atomic E-state index is 13.8. The van der Waals surface area contributed by atoms with E-state index >= 15 is 0 Å². The van der Waals surface area contributed by atoms with Crippen LogP contribution in [0.5, 0.6) is 11.5 Å². The minimum atomic E-state index is -1.36. The average Bonchev–Trinajstić information content (AvgIpc) is 3.09. The van der Waals surface area contributed by atoms with Gasteiger partial charge in [0.05, 0.1) is 7.11 Å². The lowest BCUT2D eigenvalue weighted by Gasteiger charge is -2.43. The number of anilines is 1. The summed E-state index contributed by atoms with van der Waals surface area (Å²) >= 11 is 0. The number of hydrogen-bond acceptors (Lipinski definition) is 6. The third kappa shape index (κ3) is 5.74. The van der Waals surface area contributed by atoms with Crippen LogP contribution in [0.25, 0.3) is 0 Å². The Balaban J connectivity index is 1.54. The van der Waals surface area contributed by atoms with Crippen LogP contribution in [0.4, 0.5) is 10.5 Å². The van der Waals surface area contributed by atoms with Crippen LogP contribution in [0.3, 0.4) is 0 Å². The van der Waals surface area contributed by atoms with Crippen molar-refractivity contribution in [1.82, 2.24) is 9.80 Å². The zero-order valence-corrected chi connectivity index (χ0v) is 24.4. The Morgan fingerprint density at radius 1 is 1.07 bits per heavy atom. The number of carboxylic acid groups (broad SMARTS) is 1. The molecule has 1 spiro atoms. The molecule has 0 aliphatic carbocycles. The molecule has 0 atom stereocenters. The number of imide groups is 1. The zero-order valence-electron chi connectivity index (χ0n) is 24.4. The standard InChI is InChI=1S/C31H41N3O6/c1-21(2)20-33-27(35)31(34(29(33)38)16-13-23-8-11-25(39-6)12-9-23)14-17-32(18-15-31)24-10-7-22(3)26(19-24)40-30(4,5)28(36)37/h7-12,19,21H,13-18,20H2,1-6H3,(H,36,37). The number of amides is 3. The van der Waals surface area contributed by atoms with Crippen LogP contribution < -0.4 is 14.4 Å². The van der Waals surface area contributed by atoms with Crippen molar-refractivity contribution in [1.29, 1.82) is 0 Å². The van der Waals surface area contributed by atoms with Gasteiger partial charge in [-0.05, 0) is 75.3 Å². The molecule has 216 valence electrons. The van der Waals surface area contributed by atoms with Gasteiger partial charge in [-0.25, -0.2) is 9.59 Å². The summed E-state index contributed by atoms with van der Waals surface area (Å²) in [4.78, 5) is 44.5. The van der Waals surface area contributed by atoms with E-state index in [0.29, 0.717) is 51.2 Å². The second-order valence-electron chi connectivity index (χ2n) is 11.7. The van der Waals surface area contributed by atoms with Crippen molar-refractivity contribution in [2.75, 3.05) is 38.2 Å². The fourth-order valence-corrected chi connectivity index (χ4v) is 5.48. The van der Waals surface area contributed by atoms with E-state index in [9.17, 15) is 19.5 Å². The minimum Gasteiger partial charge on any atom is -0.497 e. The smallest absolute Gasteiger partial charge is 0.347 e. The first kappa shape index (κ1) is 29.2. The molecule has 1 N–H and O–H groups in total. The van der Waals surface area contributed by atoms with Gasteiger partial charge < -0.3 is 24.4 Å². The quantitative estimate of drug-likeness (QED) is 0.426. The number of nitrogens with zero attached hydrogens (tertiary/aromatic N) is 3. The van der Waals surface area contributed by atoms with Gasteiger partial charge in [0.1, 0.15) is 17.0 Å². The molecule has 9 heteroatoms. The Bertz CT molecular complexity index is 1250. The van der Waals surface area contributed by atoms with E-state index in [2.05, 4.69) is 4.90 Å². The van der Waals surface area contributed by atoms with Crippen LogP contribution >= 0.6 is 0 Å². The molecule has 2 fully saturated rings. The van der Waals surface area contributed by atoms with Crippen LogP contribution in [0.2, 0.25) is 0 Å². The Hall–Kier alpha value is -3.75. The molecule has 4 rings (SSSR count). The molecular formula is C31H41N3O6. The topological polar surface area (TPSA) is 99.6 Å². The number of aryl methyl sites for hydroxylation is 1. The minimum absolute atomic E-state index is 0.100. The van der Waals surface area contributed by atoms with Crippen LogP contribution in [-0.2, 0) is 16.0 Å². The zero-order chi connectivity index (χ0) is 29.2. The summed E-state index contributed by atoms with van der Waals surface area (Å²) in [6.45, 7) is 11.0. The van der Waals surface area contributed by atoms with Crippen molar-refractivity contribution in [2.24, 2.45) is 5.92 Å². The van der Waals surface area contributed by atoms with Crippen molar-refractivity contribution in [3.05, 3.63) is 53.6 Å². The molecule has 40 heavy (non-hydrogen) atoms. The Kier molecular flexibility index (Phi) is 8.33. The molecule has 2 aromatic rings. The largest absolute Gasteiger partial charge is 0.497 e. The molecule has 0 unspecified atom stereocenters. The second kappa shape index (κ2) is 11.4. The lowest BCUT2D eigenvalue weighted by atomic mass is 9.85.